The van der Waals surface area contributed by atoms with Crippen LogP contribution in [0.15, 0.2) is 35.0 Å². The number of furan rings is 1. The number of benzene rings is 1. The van der Waals surface area contributed by atoms with E-state index in [4.69, 9.17) is 10.2 Å². The summed E-state index contributed by atoms with van der Waals surface area (Å²) in [6, 6.07) is 4.20. The Morgan fingerprint density at radius 1 is 1.45 bits per heavy atom. The van der Waals surface area contributed by atoms with Gasteiger partial charge in [0.2, 0.25) is 0 Å². The number of halogens is 1. The second-order valence-electron chi connectivity index (χ2n) is 5.00. The lowest BCUT2D eigenvalue weighted by Crippen LogP contribution is -2.16. The van der Waals surface area contributed by atoms with Crippen LogP contribution in [0.1, 0.15) is 23.2 Å². The maximum Gasteiger partial charge on any atom is 0.134 e. The standard InChI is InChI=1S/C15H16FN3O/c1-9-11-7-10(16)3-4-13(11)20-15(9)12(17)8-14-18-5-6-19(14)2/h3-7,12H,8,17H2,1-2H3. The highest BCUT2D eigenvalue weighted by Gasteiger charge is 2.19. The molecule has 3 aromatic rings. The summed E-state index contributed by atoms with van der Waals surface area (Å²) < 4.78 is 21.0. The third-order valence-corrected chi connectivity index (χ3v) is 3.60. The Labute approximate surface area is 116 Å². The fraction of sp³-hybridized carbons (Fsp3) is 0.267. The van der Waals surface area contributed by atoms with Crippen LogP contribution in [-0.2, 0) is 13.5 Å². The third kappa shape index (κ3) is 2.10. The Kier molecular flexibility index (Phi) is 3.06. The van der Waals surface area contributed by atoms with Gasteiger partial charge < -0.3 is 14.7 Å². The lowest BCUT2D eigenvalue weighted by molar-refractivity contribution is 0.482. The van der Waals surface area contributed by atoms with E-state index >= 15 is 0 Å². The van der Waals surface area contributed by atoms with E-state index in [2.05, 4.69) is 4.98 Å². The Hall–Kier alpha value is -2.14. The van der Waals surface area contributed by atoms with E-state index in [9.17, 15) is 4.39 Å². The van der Waals surface area contributed by atoms with Crippen LogP contribution in [0.25, 0.3) is 11.0 Å². The van der Waals surface area contributed by atoms with Gasteiger partial charge in [-0.1, -0.05) is 0 Å². The molecule has 0 aliphatic rings. The monoisotopic (exact) mass is 273 g/mol. The van der Waals surface area contributed by atoms with E-state index < -0.39 is 0 Å². The number of aromatic nitrogens is 2. The maximum absolute atomic E-state index is 13.3. The molecule has 0 radical (unpaired) electrons. The number of fused-ring (bicyclic) bond motifs is 1. The summed E-state index contributed by atoms with van der Waals surface area (Å²) in [6.45, 7) is 1.90. The van der Waals surface area contributed by atoms with Crippen molar-refractivity contribution < 1.29 is 8.81 Å². The fourth-order valence-corrected chi connectivity index (χ4v) is 2.45. The van der Waals surface area contributed by atoms with E-state index in [-0.39, 0.29) is 11.9 Å². The normalized spacial score (nSPS) is 13.0. The van der Waals surface area contributed by atoms with Crippen molar-refractivity contribution in [1.82, 2.24) is 9.55 Å². The van der Waals surface area contributed by atoms with E-state index in [1.54, 1.807) is 12.3 Å². The van der Waals surface area contributed by atoms with E-state index in [1.807, 2.05) is 24.7 Å². The lowest BCUT2D eigenvalue weighted by Gasteiger charge is -2.09. The van der Waals surface area contributed by atoms with Crippen LogP contribution in [0, 0.1) is 12.7 Å². The Morgan fingerprint density at radius 2 is 2.25 bits per heavy atom. The Morgan fingerprint density at radius 3 is 2.95 bits per heavy atom. The topological polar surface area (TPSA) is 57.0 Å². The van der Waals surface area contributed by atoms with Crippen LogP contribution in [0.4, 0.5) is 4.39 Å². The number of nitrogens with zero attached hydrogens (tertiary/aromatic N) is 2. The minimum atomic E-state index is -0.299. The zero-order chi connectivity index (χ0) is 14.3. The van der Waals surface area contributed by atoms with E-state index in [1.165, 1.54) is 12.1 Å². The summed E-state index contributed by atoms with van der Waals surface area (Å²) >= 11 is 0. The summed E-state index contributed by atoms with van der Waals surface area (Å²) in [5, 5.41) is 0.773. The molecule has 1 atom stereocenters. The number of imidazole rings is 1. The van der Waals surface area contributed by atoms with Gasteiger partial charge in [-0.15, -0.1) is 0 Å². The predicted octanol–water partition coefficient (Wildman–Crippen LogP) is 2.86. The largest absolute Gasteiger partial charge is 0.459 e. The quantitative estimate of drug-likeness (QED) is 0.798. The first-order valence-electron chi connectivity index (χ1n) is 6.46. The average Bonchev–Trinajstić information content (AvgIpc) is 2.95. The molecule has 0 spiro atoms. The van der Waals surface area contributed by atoms with Crippen molar-refractivity contribution in [2.75, 3.05) is 0 Å². The number of aryl methyl sites for hydroxylation is 2. The van der Waals surface area contributed by atoms with Crippen LogP contribution in [0.5, 0.6) is 0 Å². The second-order valence-corrected chi connectivity index (χ2v) is 5.00. The Bertz CT molecular complexity index is 760. The molecule has 20 heavy (non-hydrogen) atoms. The third-order valence-electron chi connectivity index (χ3n) is 3.60. The molecule has 104 valence electrons. The van der Waals surface area contributed by atoms with Crippen LogP contribution < -0.4 is 5.73 Å². The molecule has 1 aromatic carbocycles. The highest BCUT2D eigenvalue weighted by atomic mass is 19.1. The number of nitrogens with two attached hydrogens (primary N) is 1. The van der Waals surface area contributed by atoms with Gasteiger partial charge in [0.25, 0.3) is 0 Å². The molecular formula is C15H16FN3O. The van der Waals surface area contributed by atoms with Gasteiger partial charge in [-0.2, -0.15) is 0 Å². The summed E-state index contributed by atoms with van der Waals surface area (Å²) in [5.41, 5.74) is 7.77. The molecule has 0 fully saturated rings. The predicted molar refractivity (Wildman–Crippen MR) is 74.7 cm³/mol. The van der Waals surface area contributed by atoms with Gasteiger partial charge in [0.15, 0.2) is 0 Å². The molecule has 1 unspecified atom stereocenters. The van der Waals surface area contributed by atoms with Gasteiger partial charge >= 0.3 is 0 Å². The molecular weight excluding hydrogens is 257 g/mol. The van der Waals surface area contributed by atoms with Crippen molar-refractivity contribution >= 4 is 11.0 Å². The summed E-state index contributed by atoms with van der Waals surface area (Å²) in [4.78, 5) is 4.26. The van der Waals surface area contributed by atoms with Crippen molar-refractivity contribution in [2.45, 2.75) is 19.4 Å². The summed E-state index contributed by atoms with van der Waals surface area (Å²) in [5.74, 6) is 1.31. The smallest absolute Gasteiger partial charge is 0.134 e. The van der Waals surface area contributed by atoms with E-state index in [0.717, 1.165) is 16.8 Å². The molecule has 0 saturated carbocycles. The van der Waals surface area contributed by atoms with Crippen LogP contribution in [0.3, 0.4) is 0 Å². The van der Waals surface area contributed by atoms with Crippen molar-refractivity contribution in [1.29, 1.82) is 0 Å². The van der Waals surface area contributed by atoms with Gasteiger partial charge in [-0.05, 0) is 25.1 Å². The van der Waals surface area contributed by atoms with Crippen molar-refractivity contribution in [3.05, 3.63) is 53.6 Å². The zero-order valence-corrected chi connectivity index (χ0v) is 11.4. The first-order chi connectivity index (χ1) is 9.56. The van der Waals surface area contributed by atoms with Gasteiger partial charge in [0, 0.05) is 36.8 Å². The van der Waals surface area contributed by atoms with Crippen LogP contribution in [-0.4, -0.2) is 9.55 Å². The zero-order valence-electron chi connectivity index (χ0n) is 11.4. The van der Waals surface area contributed by atoms with Gasteiger partial charge in [0.05, 0.1) is 6.04 Å². The molecule has 0 aliphatic carbocycles. The molecule has 0 bridgehead atoms. The minimum Gasteiger partial charge on any atom is -0.459 e. The summed E-state index contributed by atoms with van der Waals surface area (Å²) in [7, 11) is 1.93. The maximum atomic E-state index is 13.3. The molecule has 3 rings (SSSR count). The molecule has 2 heterocycles. The fourth-order valence-electron chi connectivity index (χ4n) is 2.45. The van der Waals surface area contributed by atoms with E-state index in [0.29, 0.717) is 17.8 Å². The van der Waals surface area contributed by atoms with Crippen LogP contribution in [0.2, 0.25) is 0 Å². The molecule has 2 N–H and O–H groups in total. The minimum absolute atomic E-state index is 0.273. The molecule has 0 aliphatic heterocycles. The molecule has 4 nitrogen and oxygen atoms in total. The molecule has 2 aromatic heterocycles. The number of rotatable bonds is 3. The Balaban J connectivity index is 1.97. The lowest BCUT2D eigenvalue weighted by atomic mass is 10.1. The first-order valence-corrected chi connectivity index (χ1v) is 6.46. The highest BCUT2D eigenvalue weighted by Crippen LogP contribution is 2.30. The van der Waals surface area contributed by atoms with Crippen molar-refractivity contribution in [3.8, 4) is 0 Å². The number of hydrogen-bond acceptors (Lipinski definition) is 3. The van der Waals surface area contributed by atoms with Crippen molar-refractivity contribution in [2.24, 2.45) is 12.8 Å². The van der Waals surface area contributed by atoms with Gasteiger partial charge in [-0.3, -0.25) is 0 Å². The van der Waals surface area contributed by atoms with Gasteiger partial charge in [-0.25, -0.2) is 9.37 Å². The molecule has 0 saturated heterocycles. The van der Waals surface area contributed by atoms with Crippen molar-refractivity contribution in [3.63, 3.8) is 0 Å². The first kappa shape index (κ1) is 12.9. The summed E-state index contributed by atoms with van der Waals surface area (Å²) in [6.07, 6.45) is 4.19. The second kappa shape index (κ2) is 4.76. The average molecular weight is 273 g/mol. The highest BCUT2D eigenvalue weighted by molar-refractivity contribution is 5.82. The number of hydrogen-bond donors (Lipinski definition) is 1. The van der Waals surface area contributed by atoms with Gasteiger partial charge in [0.1, 0.15) is 23.0 Å². The molecule has 0 amide bonds. The van der Waals surface area contributed by atoms with Crippen LogP contribution >= 0.6 is 0 Å². The molecule has 5 heteroatoms. The SMILES string of the molecule is Cc1c(C(N)Cc2nccn2C)oc2ccc(F)cc12.